The molecule has 0 bridgehead atoms. The first-order valence-corrected chi connectivity index (χ1v) is 12.3. The Morgan fingerprint density at radius 1 is 0.914 bits per heavy atom. The number of Topliss-reactive ketones (excluding diaryl/α,β-unsaturated/α-hetero) is 1. The zero-order valence-corrected chi connectivity index (χ0v) is 19.8. The molecule has 0 aromatic heterocycles. The second kappa shape index (κ2) is 8.65. The van der Waals surface area contributed by atoms with Gasteiger partial charge in [0.1, 0.15) is 5.82 Å². The number of nitrogens with one attached hydrogen (secondary N) is 1. The van der Waals surface area contributed by atoms with Crippen molar-refractivity contribution in [2.24, 2.45) is 5.92 Å². The van der Waals surface area contributed by atoms with Gasteiger partial charge in [0.05, 0.1) is 17.4 Å². The molecule has 2 atom stereocenters. The number of anilines is 2. The Hall–Kier alpha value is -3.44. The molecule has 0 spiro atoms. The van der Waals surface area contributed by atoms with E-state index in [-0.39, 0.29) is 29.3 Å². The van der Waals surface area contributed by atoms with Crippen LogP contribution in [0, 0.1) is 11.7 Å². The summed E-state index contributed by atoms with van der Waals surface area (Å²) in [6, 6.07) is 20.8. The number of halogens is 2. The third-order valence-corrected chi connectivity index (χ3v) is 7.43. The predicted molar refractivity (Wildman–Crippen MR) is 135 cm³/mol. The second-order valence-electron chi connectivity index (χ2n) is 9.55. The maximum absolute atomic E-state index is 13.9. The molecule has 1 amide bonds. The van der Waals surface area contributed by atoms with Gasteiger partial charge >= 0.3 is 0 Å². The molecule has 4 nitrogen and oxygen atoms in total. The van der Waals surface area contributed by atoms with Crippen molar-refractivity contribution in [1.82, 2.24) is 0 Å². The van der Waals surface area contributed by atoms with Crippen LogP contribution in [0.15, 0.2) is 84.1 Å². The molecule has 3 aromatic carbocycles. The van der Waals surface area contributed by atoms with Crippen LogP contribution in [0.3, 0.4) is 0 Å². The van der Waals surface area contributed by atoms with Gasteiger partial charge in [0.15, 0.2) is 5.78 Å². The molecule has 35 heavy (non-hydrogen) atoms. The SMILES string of the molecule is O=C1C[C@@H](c2ccc(Cl)cc2)CC2=C1[C@H](c1ccc(F)cc1)N(C(=O)C1CC1)c1ccccc1N2. The van der Waals surface area contributed by atoms with Crippen LogP contribution >= 0.6 is 11.6 Å². The zero-order valence-electron chi connectivity index (χ0n) is 19.0. The highest BCUT2D eigenvalue weighted by molar-refractivity contribution is 6.30. The number of ketones is 1. The summed E-state index contributed by atoms with van der Waals surface area (Å²) in [5.74, 6) is -0.399. The van der Waals surface area contributed by atoms with Gasteiger partial charge in [0.2, 0.25) is 5.91 Å². The maximum Gasteiger partial charge on any atom is 0.231 e. The van der Waals surface area contributed by atoms with E-state index in [1.165, 1.54) is 12.1 Å². The molecule has 2 aliphatic carbocycles. The Morgan fingerprint density at radius 2 is 1.60 bits per heavy atom. The van der Waals surface area contributed by atoms with Crippen molar-refractivity contribution in [1.29, 1.82) is 0 Å². The number of hydrogen-bond donors (Lipinski definition) is 1. The van der Waals surface area contributed by atoms with E-state index in [2.05, 4.69) is 5.32 Å². The highest BCUT2D eigenvalue weighted by atomic mass is 35.5. The Morgan fingerprint density at radius 3 is 2.31 bits per heavy atom. The lowest BCUT2D eigenvalue weighted by Gasteiger charge is -2.35. The van der Waals surface area contributed by atoms with Crippen LogP contribution in [0.5, 0.6) is 0 Å². The van der Waals surface area contributed by atoms with Gasteiger partial charge in [-0.15, -0.1) is 0 Å². The molecule has 1 heterocycles. The zero-order chi connectivity index (χ0) is 24.1. The lowest BCUT2D eigenvalue weighted by Crippen LogP contribution is -2.39. The summed E-state index contributed by atoms with van der Waals surface area (Å²) in [5.41, 5.74) is 4.72. The number of benzene rings is 3. The second-order valence-corrected chi connectivity index (χ2v) is 9.99. The minimum atomic E-state index is -0.617. The van der Waals surface area contributed by atoms with E-state index < -0.39 is 6.04 Å². The third kappa shape index (κ3) is 4.04. The number of nitrogens with zero attached hydrogens (tertiary/aromatic N) is 1. The van der Waals surface area contributed by atoms with Gasteiger partial charge in [-0.25, -0.2) is 4.39 Å². The monoisotopic (exact) mass is 486 g/mol. The van der Waals surface area contributed by atoms with E-state index in [1.54, 1.807) is 17.0 Å². The van der Waals surface area contributed by atoms with Gasteiger partial charge in [-0.3, -0.25) is 14.5 Å². The smallest absolute Gasteiger partial charge is 0.231 e. The quantitative estimate of drug-likeness (QED) is 0.443. The summed E-state index contributed by atoms with van der Waals surface area (Å²) >= 11 is 6.09. The molecule has 176 valence electrons. The van der Waals surface area contributed by atoms with E-state index in [9.17, 15) is 14.0 Å². The largest absolute Gasteiger partial charge is 0.357 e. The number of fused-ring (bicyclic) bond motifs is 1. The number of hydrogen-bond acceptors (Lipinski definition) is 3. The molecule has 1 aliphatic heterocycles. The van der Waals surface area contributed by atoms with Crippen LogP contribution in [-0.4, -0.2) is 11.7 Å². The van der Waals surface area contributed by atoms with Crippen LogP contribution in [0.25, 0.3) is 0 Å². The summed E-state index contributed by atoms with van der Waals surface area (Å²) in [4.78, 5) is 29.3. The minimum absolute atomic E-state index is 0.00210. The minimum Gasteiger partial charge on any atom is -0.357 e. The highest BCUT2D eigenvalue weighted by Gasteiger charge is 2.44. The molecule has 3 aliphatic rings. The van der Waals surface area contributed by atoms with Crippen molar-refractivity contribution in [2.45, 2.75) is 37.6 Å². The van der Waals surface area contributed by atoms with E-state index in [4.69, 9.17) is 11.6 Å². The Labute approximate surface area is 208 Å². The lowest BCUT2D eigenvalue weighted by atomic mass is 9.78. The van der Waals surface area contributed by atoms with Gasteiger partial charge in [0.25, 0.3) is 0 Å². The normalized spacial score (nSPS) is 21.7. The van der Waals surface area contributed by atoms with Crippen LogP contribution in [0.1, 0.15) is 48.8 Å². The van der Waals surface area contributed by atoms with E-state index in [1.807, 2.05) is 48.5 Å². The number of amides is 1. The summed E-state index contributed by atoms with van der Waals surface area (Å²) in [6.07, 6.45) is 2.65. The number of allylic oxidation sites excluding steroid dienone is 1. The lowest BCUT2D eigenvalue weighted by molar-refractivity contribution is -0.120. The van der Waals surface area contributed by atoms with E-state index in [0.29, 0.717) is 23.4 Å². The van der Waals surface area contributed by atoms with Crippen LogP contribution in [0.2, 0.25) is 5.02 Å². The first-order valence-electron chi connectivity index (χ1n) is 12.0. The number of carbonyl (C=O) groups excluding carboxylic acids is 2. The number of rotatable bonds is 3. The molecule has 6 rings (SSSR count). The molecular weight excluding hydrogens is 463 g/mol. The van der Waals surface area contributed by atoms with Crippen molar-refractivity contribution < 1.29 is 14.0 Å². The Kier molecular flexibility index (Phi) is 5.45. The molecule has 3 aromatic rings. The van der Waals surface area contributed by atoms with Gasteiger partial charge < -0.3 is 5.32 Å². The standard InChI is InChI=1S/C29H24ClFN2O2/c30-21-11-7-17(8-12-21)20-15-24-27(26(34)16-20)28(18-9-13-22(31)14-10-18)33(29(35)19-5-6-19)25-4-2-1-3-23(25)32-24/h1-4,7-14,19-20,28,32H,5-6,15-16H2/t20-,28-/m0/s1. The molecule has 0 radical (unpaired) electrons. The topological polar surface area (TPSA) is 49.4 Å². The first kappa shape index (κ1) is 22.1. The van der Waals surface area contributed by atoms with Gasteiger partial charge in [-0.1, -0.05) is 48.0 Å². The fourth-order valence-electron chi connectivity index (χ4n) is 5.29. The molecule has 1 N–H and O–H groups in total. The molecule has 1 saturated carbocycles. The van der Waals surface area contributed by atoms with Crippen molar-refractivity contribution in [3.05, 3.63) is 106 Å². The van der Waals surface area contributed by atoms with Gasteiger partial charge in [-0.2, -0.15) is 0 Å². The fourth-order valence-corrected chi connectivity index (χ4v) is 5.42. The van der Waals surface area contributed by atoms with E-state index in [0.717, 1.165) is 41.0 Å². The van der Waals surface area contributed by atoms with Crippen LogP contribution < -0.4 is 10.2 Å². The van der Waals surface area contributed by atoms with Crippen molar-refractivity contribution in [2.75, 3.05) is 10.2 Å². The number of carbonyl (C=O) groups is 2. The summed E-state index contributed by atoms with van der Waals surface area (Å²) < 4.78 is 13.9. The van der Waals surface area contributed by atoms with Crippen LogP contribution in [-0.2, 0) is 9.59 Å². The highest BCUT2D eigenvalue weighted by Crippen LogP contribution is 2.49. The first-order chi connectivity index (χ1) is 17.0. The van der Waals surface area contributed by atoms with Gasteiger partial charge in [0, 0.05) is 28.6 Å². The van der Waals surface area contributed by atoms with Crippen molar-refractivity contribution >= 4 is 34.7 Å². The third-order valence-electron chi connectivity index (χ3n) is 7.18. The Bertz CT molecular complexity index is 1350. The molecule has 1 fully saturated rings. The summed E-state index contributed by atoms with van der Waals surface area (Å²) in [5, 5.41) is 4.18. The van der Waals surface area contributed by atoms with Crippen molar-refractivity contribution in [3.8, 4) is 0 Å². The Balaban J connectivity index is 1.53. The fraction of sp³-hybridized carbons (Fsp3) is 0.241. The molecule has 6 heteroatoms. The summed E-state index contributed by atoms with van der Waals surface area (Å²) in [7, 11) is 0. The van der Waals surface area contributed by atoms with Crippen molar-refractivity contribution in [3.63, 3.8) is 0 Å². The maximum atomic E-state index is 13.9. The molecular formula is C29H24ClFN2O2. The molecule has 0 unspecified atom stereocenters. The predicted octanol–water partition coefficient (Wildman–Crippen LogP) is 6.79. The average molecular weight is 487 g/mol. The molecule has 0 saturated heterocycles. The van der Waals surface area contributed by atoms with E-state index >= 15 is 0 Å². The number of para-hydroxylation sites is 2. The van der Waals surface area contributed by atoms with Gasteiger partial charge in [-0.05, 0) is 72.7 Å². The average Bonchev–Trinajstić information content (AvgIpc) is 3.71. The summed E-state index contributed by atoms with van der Waals surface area (Å²) in [6.45, 7) is 0. The van der Waals surface area contributed by atoms with Crippen LogP contribution in [0.4, 0.5) is 15.8 Å².